The lowest BCUT2D eigenvalue weighted by Gasteiger charge is -2.03. The Morgan fingerprint density at radius 2 is 1.67 bits per heavy atom. The van der Waals surface area contributed by atoms with Crippen LogP contribution in [-0.2, 0) is 6.42 Å². The van der Waals surface area contributed by atoms with Crippen molar-refractivity contribution in [1.82, 2.24) is 9.97 Å². The molecule has 4 heteroatoms. The first-order valence-electron chi connectivity index (χ1n) is 3.76. The number of rotatable bonds is 3. The van der Waals surface area contributed by atoms with Crippen LogP contribution in [0.3, 0.4) is 0 Å². The predicted molar refractivity (Wildman–Crippen MR) is 44.5 cm³/mol. The molecule has 1 rings (SSSR count). The molecule has 0 saturated heterocycles. The van der Waals surface area contributed by atoms with Gasteiger partial charge in [0, 0.05) is 6.42 Å². The minimum atomic E-state index is 0.540. The topological polar surface area (TPSA) is 44.2 Å². The van der Waals surface area contributed by atoms with E-state index < -0.39 is 0 Å². The van der Waals surface area contributed by atoms with Gasteiger partial charge in [-0.15, -0.1) is 0 Å². The summed E-state index contributed by atoms with van der Waals surface area (Å²) >= 11 is 0. The lowest BCUT2D eigenvalue weighted by atomic mass is 10.4. The van der Waals surface area contributed by atoms with Crippen molar-refractivity contribution >= 4 is 0 Å². The van der Waals surface area contributed by atoms with Gasteiger partial charge in [-0.05, 0) is 0 Å². The van der Waals surface area contributed by atoms with Crippen LogP contribution in [0.15, 0.2) is 6.07 Å². The van der Waals surface area contributed by atoms with E-state index in [4.69, 9.17) is 9.47 Å². The van der Waals surface area contributed by atoms with Crippen LogP contribution in [0.4, 0.5) is 0 Å². The first-order chi connectivity index (χ1) is 5.80. The minimum Gasteiger partial charge on any atom is -0.481 e. The van der Waals surface area contributed by atoms with E-state index in [0.29, 0.717) is 11.8 Å². The normalized spacial score (nSPS) is 9.58. The molecule has 0 amide bonds. The lowest BCUT2D eigenvalue weighted by molar-refractivity contribution is 0.368. The zero-order valence-electron chi connectivity index (χ0n) is 7.50. The Balaban J connectivity index is 3.01. The fourth-order valence-corrected chi connectivity index (χ4v) is 0.817. The summed E-state index contributed by atoms with van der Waals surface area (Å²) in [5.74, 6) is 1.81. The number of ether oxygens (including phenoxy) is 2. The molecule has 1 heterocycles. The molecule has 0 radical (unpaired) electrons. The molecule has 0 spiro atoms. The summed E-state index contributed by atoms with van der Waals surface area (Å²) in [5.41, 5.74) is 0. The van der Waals surface area contributed by atoms with E-state index in [1.165, 1.54) is 0 Å². The Morgan fingerprint density at radius 3 is 2.00 bits per heavy atom. The van der Waals surface area contributed by atoms with E-state index in [1.54, 1.807) is 20.3 Å². The van der Waals surface area contributed by atoms with E-state index >= 15 is 0 Å². The predicted octanol–water partition coefficient (Wildman–Crippen LogP) is 1.06. The number of hydrogen-bond acceptors (Lipinski definition) is 4. The molecule has 1 aromatic heterocycles. The summed E-state index contributed by atoms with van der Waals surface area (Å²) in [6.07, 6.45) is 0.771. The van der Waals surface area contributed by atoms with Crippen LogP contribution in [0.2, 0.25) is 0 Å². The van der Waals surface area contributed by atoms with Crippen LogP contribution < -0.4 is 9.47 Å². The number of methoxy groups -OCH3 is 2. The van der Waals surface area contributed by atoms with Gasteiger partial charge >= 0.3 is 0 Å². The van der Waals surface area contributed by atoms with Crippen molar-refractivity contribution in [3.8, 4) is 11.8 Å². The van der Waals surface area contributed by atoms with Crippen molar-refractivity contribution in [1.29, 1.82) is 0 Å². The second-order valence-electron chi connectivity index (χ2n) is 2.22. The first kappa shape index (κ1) is 8.77. The molecule has 0 atom stereocenters. The summed E-state index contributed by atoms with van der Waals surface area (Å²) in [4.78, 5) is 8.21. The maximum Gasteiger partial charge on any atom is 0.220 e. The zero-order valence-corrected chi connectivity index (χ0v) is 7.50. The van der Waals surface area contributed by atoms with Crippen molar-refractivity contribution in [2.45, 2.75) is 13.3 Å². The van der Waals surface area contributed by atoms with Crippen LogP contribution >= 0.6 is 0 Å². The average Bonchev–Trinajstić information content (AvgIpc) is 2.16. The van der Waals surface area contributed by atoms with Gasteiger partial charge in [0.2, 0.25) is 11.8 Å². The maximum absolute atomic E-state index is 4.97. The van der Waals surface area contributed by atoms with Crippen LogP contribution in [0.5, 0.6) is 11.8 Å². The van der Waals surface area contributed by atoms with Crippen LogP contribution in [0.1, 0.15) is 12.7 Å². The highest BCUT2D eigenvalue weighted by atomic mass is 16.5. The van der Waals surface area contributed by atoms with Gasteiger partial charge in [-0.3, -0.25) is 0 Å². The molecule has 1 aromatic rings. The number of aromatic nitrogens is 2. The van der Waals surface area contributed by atoms with Crippen molar-refractivity contribution in [2.24, 2.45) is 0 Å². The Labute approximate surface area is 71.6 Å². The van der Waals surface area contributed by atoms with Crippen molar-refractivity contribution in [3.05, 3.63) is 11.9 Å². The molecule has 66 valence electrons. The molecule has 0 saturated carbocycles. The average molecular weight is 168 g/mol. The Morgan fingerprint density at radius 1 is 1.17 bits per heavy atom. The molecule has 0 bridgehead atoms. The Bertz CT molecular complexity index is 208. The van der Waals surface area contributed by atoms with E-state index in [1.807, 2.05) is 6.92 Å². The molecule has 12 heavy (non-hydrogen) atoms. The molecule has 0 fully saturated rings. The molecule has 0 aliphatic rings. The Kier molecular flexibility index (Phi) is 2.85. The Hall–Kier alpha value is -1.32. The second-order valence-corrected chi connectivity index (χ2v) is 2.22. The van der Waals surface area contributed by atoms with Crippen molar-refractivity contribution < 1.29 is 9.47 Å². The SMILES string of the molecule is CCc1nc(OC)cc(OC)n1. The third-order valence-electron chi connectivity index (χ3n) is 1.46. The van der Waals surface area contributed by atoms with Gasteiger partial charge < -0.3 is 9.47 Å². The van der Waals surface area contributed by atoms with Gasteiger partial charge in [-0.1, -0.05) is 6.92 Å². The fourth-order valence-electron chi connectivity index (χ4n) is 0.817. The van der Waals surface area contributed by atoms with E-state index in [-0.39, 0.29) is 0 Å². The smallest absolute Gasteiger partial charge is 0.220 e. The largest absolute Gasteiger partial charge is 0.481 e. The lowest BCUT2D eigenvalue weighted by Crippen LogP contribution is -1.98. The molecule has 4 nitrogen and oxygen atoms in total. The van der Waals surface area contributed by atoms with Gasteiger partial charge in [0.15, 0.2) is 0 Å². The zero-order chi connectivity index (χ0) is 8.97. The first-order valence-corrected chi connectivity index (χ1v) is 3.76. The summed E-state index contributed by atoms with van der Waals surface area (Å²) in [6, 6.07) is 1.65. The van der Waals surface area contributed by atoms with Crippen LogP contribution in [0, 0.1) is 0 Å². The van der Waals surface area contributed by atoms with Gasteiger partial charge in [0.25, 0.3) is 0 Å². The number of aryl methyl sites for hydroxylation is 1. The molecule has 0 aromatic carbocycles. The quantitative estimate of drug-likeness (QED) is 0.676. The summed E-state index contributed by atoms with van der Waals surface area (Å²) in [6.45, 7) is 1.98. The molecular formula is C8H12N2O2. The summed E-state index contributed by atoms with van der Waals surface area (Å²) in [5, 5.41) is 0. The van der Waals surface area contributed by atoms with Gasteiger partial charge in [-0.2, -0.15) is 9.97 Å². The molecular weight excluding hydrogens is 156 g/mol. The fraction of sp³-hybridized carbons (Fsp3) is 0.500. The summed E-state index contributed by atoms with van der Waals surface area (Å²) in [7, 11) is 3.14. The molecule has 0 unspecified atom stereocenters. The molecule has 0 aliphatic carbocycles. The van der Waals surface area contributed by atoms with Gasteiger partial charge in [-0.25, -0.2) is 0 Å². The number of nitrogens with zero attached hydrogens (tertiary/aromatic N) is 2. The highest BCUT2D eigenvalue weighted by molar-refractivity contribution is 5.20. The van der Waals surface area contributed by atoms with E-state index in [9.17, 15) is 0 Å². The van der Waals surface area contributed by atoms with Gasteiger partial charge in [0.1, 0.15) is 5.82 Å². The van der Waals surface area contributed by atoms with Crippen LogP contribution in [-0.4, -0.2) is 24.2 Å². The van der Waals surface area contributed by atoms with E-state index in [2.05, 4.69) is 9.97 Å². The highest BCUT2D eigenvalue weighted by Gasteiger charge is 2.02. The molecule has 0 aliphatic heterocycles. The second kappa shape index (κ2) is 3.90. The van der Waals surface area contributed by atoms with Crippen molar-refractivity contribution in [3.63, 3.8) is 0 Å². The highest BCUT2D eigenvalue weighted by Crippen LogP contribution is 2.14. The standard InChI is InChI=1S/C8H12N2O2/c1-4-6-9-7(11-2)5-8(10-6)12-3/h5H,4H2,1-3H3. The summed E-state index contributed by atoms with van der Waals surface area (Å²) < 4.78 is 9.94. The third kappa shape index (κ3) is 1.84. The van der Waals surface area contributed by atoms with E-state index in [0.717, 1.165) is 12.2 Å². The monoisotopic (exact) mass is 168 g/mol. The molecule has 0 N–H and O–H groups in total. The third-order valence-corrected chi connectivity index (χ3v) is 1.46. The number of hydrogen-bond donors (Lipinski definition) is 0. The minimum absolute atomic E-state index is 0.540. The maximum atomic E-state index is 4.97. The van der Waals surface area contributed by atoms with Gasteiger partial charge in [0.05, 0.1) is 20.3 Å². The van der Waals surface area contributed by atoms with Crippen molar-refractivity contribution in [2.75, 3.05) is 14.2 Å². The van der Waals surface area contributed by atoms with Crippen LogP contribution in [0.25, 0.3) is 0 Å².